The highest BCUT2D eigenvalue weighted by Gasteiger charge is 2.17. The van der Waals surface area contributed by atoms with Crippen LogP contribution in [0.2, 0.25) is 5.02 Å². The van der Waals surface area contributed by atoms with Crippen molar-refractivity contribution in [2.75, 3.05) is 12.4 Å². The molecule has 2 aromatic carbocycles. The van der Waals surface area contributed by atoms with E-state index in [9.17, 15) is 9.59 Å². The zero-order chi connectivity index (χ0) is 19.6. The van der Waals surface area contributed by atoms with Crippen molar-refractivity contribution in [2.24, 2.45) is 0 Å². The largest absolute Gasteiger partial charge is 0.465 e. The number of anilines is 1. The van der Waals surface area contributed by atoms with Gasteiger partial charge in [0.15, 0.2) is 10.2 Å². The van der Waals surface area contributed by atoms with Crippen LogP contribution < -0.4 is 10.6 Å². The van der Waals surface area contributed by atoms with Gasteiger partial charge in [0.2, 0.25) is 0 Å². The van der Waals surface area contributed by atoms with E-state index in [0.29, 0.717) is 26.3 Å². The molecule has 1 heterocycles. The van der Waals surface area contributed by atoms with Gasteiger partial charge in [-0.1, -0.05) is 47.2 Å². The summed E-state index contributed by atoms with van der Waals surface area (Å²) in [5, 5.41) is 7.97. The molecule has 9 heteroatoms. The molecule has 3 rings (SSSR count). The molecule has 6 nitrogen and oxygen atoms in total. The predicted octanol–water partition coefficient (Wildman–Crippen LogP) is 4.17. The number of aryl methyl sites for hydroxylation is 1. The average molecular weight is 420 g/mol. The van der Waals surface area contributed by atoms with Gasteiger partial charge < -0.3 is 10.1 Å². The van der Waals surface area contributed by atoms with E-state index < -0.39 is 5.97 Å². The minimum atomic E-state index is -0.472. The highest BCUT2D eigenvalue weighted by atomic mass is 35.5. The van der Waals surface area contributed by atoms with Gasteiger partial charge in [-0.3, -0.25) is 10.1 Å². The number of carbonyl (C=O) groups excluding carboxylic acids is 2. The number of amides is 1. The Hall–Kier alpha value is -2.55. The molecule has 0 unspecified atom stereocenters. The van der Waals surface area contributed by atoms with Crippen molar-refractivity contribution in [3.63, 3.8) is 0 Å². The highest BCUT2D eigenvalue weighted by molar-refractivity contribution is 7.80. The molecule has 0 fully saturated rings. The third kappa shape index (κ3) is 4.08. The number of rotatable bonds is 3. The Morgan fingerprint density at radius 2 is 1.89 bits per heavy atom. The molecule has 138 valence electrons. The summed E-state index contributed by atoms with van der Waals surface area (Å²) in [6, 6.07) is 10.7. The number of methoxy groups -OCH3 is 1. The van der Waals surface area contributed by atoms with Gasteiger partial charge in [0.1, 0.15) is 4.88 Å². The lowest BCUT2D eigenvalue weighted by Gasteiger charge is -2.10. The predicted molar refractivity (Wildman–Crippen MR) is 111 cm³/mol. The second kappa shape index (κ2) is 7.99. The van der Waals surface area contributed by atoms with Gasteiger partial charge in [-0.2, -0.15) is 0 Å². The van der Waals surface area contributed by atoms with Crippen LogP contribution in [0.4, 0.5) is 5.13 Å². The number of nitrogens with zero attached hydrogens (tertiary/aromatic N) is 1. The monoisotopic (exact) mass is 419 g/mol. The first kappa shape index (κ1) is 19.2. The first-order chi connectivity index (χ1) is 12.9. The van der Waals surface area contributed by atoms with Crippen molar-refractivity contribution in [3.8, 4) is 0 Å². The maximum Gasteiger partial charge on any atom is 0.350 e. The lowest BCUT2D eigenvalue weighted by molar-refractivity contribution is 0.0605. The summed E-state index contributed by atoms with van der Waals surface area (Å²) in [5.41, 5.74) is 0.969. The molecule has 0 bridgehead atoms. The fraction of sp³-hybridized carbons (Fsp3) is 0.111. The molecule has 0 atom stereocenters. The number of aromatic nitrogens is 1. The Labute approximate surface area is 169 Å². The number of halogens is 1. The molecule has 2 N–H and O–H groups in total. The van der Waals surface area contributed by atoms with Crippen LogP contribution in [0.1, 0.15) is 25.7 Å². The second-order valence-corrected chi connectivity index (χ2v) is 7.29. The molecule has 0 spiro atoms. The minimum Gasteiger partial charge on any atom is -0.465 e. The number of fused-ring (bicyclic) bond motifs is 1. The SMILES string of the molecule is COC(=O)c1sc(NC(=S)NC(=O)c2cccc3c(Cl)cccc23)nc1C. The van der Waals surface area contributed by atoms with Gasteiger partial charge in [0.05, 0.1) is 12.8 Å². The number of hydrogen-bond donors (Lipinski definition) is 2. The maximum absolute atomic E-state index is 12.6. The first-order valence-corrected chi connectivity index (χ1v) is 9.36. The van der Waals surface area contributed by atoms with Crippen molar-refractivity contribution in [3.05, 3.63) is 57.6 Å². The Bertz CT molecular complexity index is 1070. The molecule has 0 aliphatic heterocycles. The molecule has 1 aromatic heterocycles. The lowest BCUT2D eigenvalue weighted by Crippen LogP contribution is -2.34. The third-order valence-electron chi connectivity index (χ3n) is 3.73. The van der Waals surface area contributed by atoms with Crippen LogP contribution in [0.15, 0.2) is 36.4 Å². The summed E-state index contributed by atoms with van der Waals surface area (Å²) < 4.78 is 4.70. The van der Waals surface area contributed by atoms with Crippen molar-refractivity contribution >= 4 is 68.0 Å². The molecule has 27 heavy (non-hydrogen) atoms. The fourth-order valence-electron chi connectivity index (χ4n) is 2.50. The highest BCUT2D eigenvalue weighted by Crippen LogP contribution is 2.26. The molecule has 0 aliphatic carbocycles. The number of thiocarbonyl (C=S) groups is 1. The summed E-state index contributed by atoms with van der Waals surface area (Å²) in [5.74, 6) is -0.845. The van der Waals surface area contributed by atoms with Crippen LogP contribution in [0.3, 0.4) is 0 Å². The van der Waals surface area contributed by atoms with Gasteiger partial charge in [-0.05, 0) is 36.7 Å². The number of nitrogens with one attached hydrogen (secondary N) is 2. The summed E-state index contributed by atoms with van der Waals surface area (Å²) in [4.78, 5) is 28.9. The summed E-state index contributed by atoms with van der Waals surface area (Å²) in [6.07, 6.45) is 0. The Morgan fingerprint density at radius 3 is 2.63 bits per heavy atom. The Kier molecular flexibility index (Phi) is 5.69. The number of hydrogen-bond acceptors (Lipinski definition) is 6. The first-order valence-electron chi connectivity index (χ1n) is 7.76. The van der Waals surface area contributed by atoms with Crippen LogP contribution in [0, 0.1) is 6.92 Å². The quantitative estimate of drug-likeness (QED) is 0.490. The van der Waals surface area contributed by atoms with E-state index in [0.717, 1.165) is 22.1 Å². The van der Waals surface area contributed by atoms with Crippen LogP contribution >= 0.6 is 35.2 Å². The van der Waals surface area contributed by atoms with Gasteiger partial charge in [-0.25, -0.2) is 9.78 Å². The summed E-state index contributed by atoms with van der Waals surface area (Å²) >= 11 is 12.5. The zero-order valence-electron chi connectivity index (χ0n) is 14.3. The molecule has 0 radical (unpaired) electrons. The molecular formula is C18H14ClN3O3S2. The van der Waals surface area contributed by atoms with Gasteiger partial charge in [-0.15, -0.1) is 0 Å². The topological polar surface area (TPSA) is 80.3 Å². The number of esters is 1. The van der Waals surface area contributed by atoms with Gasteiger partial charge >= 0.3 is 5.97 Å². The molecular weight excluding hydrogens is 406 g/mol. The normalized spacial score (nSPS) is 10.5. The van der Waals surface area contributed by atoms with Crippen LogP contribution in [-0.4, -0.2) is 29.1 Å². The van der Waals surface area contributed by atoms with Gasteiger partial charge in [0, 0.05) is 16.0 Å². The number of ether oxygens (including phenoxy) is 1. The van der Waals surface area contributed by atoms with Crippen molar-refractivity contribution in [1.29, 1.82) is 0 Å². The van der Waals surface area contributed by atoms with E-state index in [1.807, 2.05) is 12.1 Å². The van der Waals surface area contributed by atoms with Crippen LogP contribution in [0.5, 0.6) is 0 Å². The van der Waals surface area contributed by atoms with Crippen molar-refractivity contribution < 1.29 is 14.3 Å². The Morgan fingerprint density at radius 1 is 1.19 bits per heavy atom. The van der Waals surface area contributed by atoms with Crippen molar-refractivity contribution in [1.82, 2.24) is 10.3 Å². The summed E-state index contributed by atoms with van der Waals surface area (Å²) in [7, 11) is 1.30. The molecule has 0 aliphatic rings. The minimum absolute atomic E-state index is 0.0733. The number of thiazole rings is 1. The van der Waals surface area contributed by atoms with Crippen LogP contribution in [0.25, 0.3) is 10.8 Å². The van der Waals surface area contributed by atoms with Crippen molar-refractivity contribution in [2.45, 2.75) is 6.92 Å². The third-order valence-corrected chi connectivity index (χ3v) is 5.32. The number of carbonyl (C=O) groups is 2. The maximum atomic E-state index is 12.6. The second-order valence-electron chi connectivity index (χ2n) is 5.47. The van der Waals surface area contributed by atoms with Gasteiger partial charge in [0.25, 0.3) is 5.91 Å². The van der Waals surface area contributed by atoms with E-state index in [1.54, 1.807) is 31.2 Å². The molecule has 3 aromatic rings. The van der Waals surface area contributed by atoms with E-state index in [2.05, 4.69) is 15.6 Å². The lowest BCUT2D eigenvalue weighted by atomic mass is 10.0. The van der Waals surface area contributed by atoms with E-state index in [-0.39, 0.29) is 11.0 Å². The molecule has 0 saturated heterocycles. The molecule has 1 amide bonds. The smallest absolute Gasteiger partial charge is 0.350 e. The Balaban J connectivity index is 1.76. The summed E-state index contributed by atoms with van der Waals surface area (Å²) in [6.45, 7) is 1.69. The van der Waals surface area contributed by atoms with E-state index in [4.69, 9.17) is 28.6 Å². The zero-order valence-corrected chi connectivity index (χ0v) is 16.7. The number of benzene rings is 2. The average Bonchev–Trinajstić information content (AvgIpc) is 3.00. The standard InChI is InChI=1S/C18H14ClN3O3S2/c1-9-14(16(24)25-2)27-18(20-9)22-17(26)21-15(23)12-7-3-6-11-10(12)5-4-8-13(11)19/h3-8H,1-2H3,(H2,20,21,22,23,26). The fourth-order valence-corrected chi connectivity index (χ4v) is 3.88. The van der Waals surface area contributed by atoms with E-state index >= 15 is 0 Å². The van der Waals surface area contributed by atoms with E-state index in [1.165, 1.54) is 7.11 Å². The molecule has 0 saturated carbocycles. The van der Waals surface area contributed by atoms with Crippen LogP contribution in [-0.2, 0) is 4.74 Å².